The lowest BCUT2D eigenvalue weighted by molar-refractivity contribution is -0.153. The third-order valence-corrected chi connectivity index (χ3v) is 4.64. The molecule has 2 atom stereocenters. The van der Waals surface area contributed by atoms with Gasteiger partial charge in [0.25, 0.3) is 0 Å². The van der Waals surface area contributed by atoms with Crippen molar-refractivity contribution < 1.29 is 14.3 Å². The van der Waals surface area contributed by atoms with E-state index in [0.717, 1.165) is 19.3 Å². The summed E-state index contributed by atoms with van der Waals surface area (Å²) in [6, 6.07) is 0. The second-order valence-corrected chi connectivity index (χ2v) is 6.40. The Morgan fingerprint density at radius 2 is 1.89 bits per heavy atom. The standard InChI is InChI=1S/C16H28O3/c1-5-6-7-8-9-19-15(18)11-13-10-14(12(2)17)16(13,3)4/h13-14H,5-11H2,1-4H3/t13-,14-/m1/s1. The Bertz CT molecular complexity index is 320. The van der Waals surface area contributed by atoms with Crippen molar-refractivity contribution in [2.24, 2.45) is 17.3 Å². The van der Waals surface area contributed by atoms with E-state index in [9.17, 15) is 9.59 Å². The van der Waals surface area contributed by atoms with Crippen LogP contribution in [0.5, 0.6) is 0 Å². The number of ether oxygens (including phenoxy) is 1. The van der Waals surface area contributed by atoms with Gasteiger partial charge in [0.05, 0.1) is 6.61 Å². The molecule has 0 aromatic heterocycles. The van der Waals surface area contributed by atoms with E-state index in [2.05, 4.69) is 20.8 Å². The maximum absolute atomic E-state index is 11.7. The summed E-state index contributed by atoms with van der Waals surface area (Å²) in [5, 5.41) is 0. The summed E-state index contributed by atoms with van der Waals surface area (Å²) >= 11 is 0. The van der Waals surface area contributed by atoms with Gasteiger partial charge < -0.3 is 4.74 Å². The highest BCUT2D eigenvalue weighted by Gasteiger charge is 2.50. The Kier molecular flexibility index (Phi) is 6.02. The van der Waals surface area contributed by atoms with Crippen LogP contribution in [-0.2, 0) is 14.3 Å². The van der Waals surface area contributed by atoms with Crippen molar-refractivity contribution in [2.45, 2.75) is 66.2 Å². The van der Waals surface area contributed by atoms with Crippen LogP contribution in [0, 0.1) is 17.3 Å². The van der Waals surface area contributed by atoms with Gasteiger partial charge in [0, 0.05) is 12.3 Å². The van der Waals surface area contributed by atoms with E-state index in [4.69, 9.17) is 4.74 Å². The number of ketones is 1. The first-order valence-corrected chi connectivity index (χ1v) is 7.55. The fourth-order valence-corrected chi connectivity index (χ4v) is 3.03. The molecule has 0 radical (unpaired) electrons. The molecule has 0 saturated heterocycles. The van der Waals surface area contributed by atoms with Crippen LogP contribution in [0.2, 0.25) is 0 Å². The number of unbranched alkanes of at least 4 members (excludes halogenated alkanes) is 3. The van der Waals surface area contributed by atoms with Gasteiger partial charge in [-0.15, -0.1) is 0 Å². The van der Waals surface area contributed by atoms with Crippen LogP contribution in [0.3, 0.4) is 0 Å². The van der Waals surface area contributed by atoms with Crippen LogP contribution in [0.15, 0.2) is 0 Å². The molecule has 3 heteroatoms. The molecule has 1 rings (SSSR count). The fraction of sp³-hybridized carbons (Fsp3) is 0.875. The van der Waals surface area contributed by atoms with Crippen LogP contribution in [0.4, 0.5) is 0 Å². The smallest absolute Gasteiger partial charge is 0.306 e. The summed E-state index contributed by atoms with van der Waals surface area (Å²) in [4.78, 5) is 23.2. The highest BCUT2D eigenvalue weighted by atomic mass is 16.5. The summed E-state index contributed by atoms with van der Waals surface area (Å²) < 4.78 is 5.26. The Morgan fingerprint density at radius 1 is 1.21 bits per heavy atom. The average Bonchev–Trinajstić information content (AvgIpc) is 2.33. The Balaban J connectivity index is 2.22. The van der Waals surface area contributed by atoms with Crippen LogP contribution in [-0.4, -0.2) is 18.4 Å². The molecular formula is C16H28O3. The monoisotopic (exact) mass is 268 g/mol. The molecule has 1 aliphatic carbocycles. The number of hydrogen-bond acceptors (Lipinski definition) is 3. The van der Waals surface area contributed by atoms with Crippen molar-refractivity contribution in [1.82, 2.24) is 0 Å². The van der Waals surface area contributed by atoms with Crippen molar-refractivity contribution in [2.75, 3.05) is 6.61 Å². The SMILES string of the molecule is CCCCCCOC(=O)C[C@H]1C[C@H](C(C)=O)C1(C)C. The first-order valence-electron chi connectivity index (χ1n) is 7.55. The second kappa shape index (κ2) is 7.06. The molecule has 0 N–H and O–H groups in total. The molecule has 0 aromatic rings. The lowest BCUT2D eigenvalue weighted by atomic mass is 9.53. The van der Waals surface area contributed by atoms with Gasteiger partial charge in [-0.2, -0.15) is 0 Å². The molecule has 0 bridgehead atoms. The van der Waals surface area contributed by atoms with Gasteiger partial charge in [0.2, 0.25) is 0 Å². The summed E-state index contributed by atoms with van der Waals surface area (Å²) in [5.74, 6) is 0.560. The zero-order valence-corrected chi connectivity index (χ0v) is 12.8. The molecule has 0 heterocycles. The quantitative estimate of drug-likeness (QED) is 0.497. The molecule has 19 heavy (non-hydrogen) atoms. The first kappa shape index (κ1) is 16.2. The summed E-state index contributed by atoms with van der Waals surface area (Å²) in [6.45, 7) is 8.52. The predicted octanol–water partition coefficient (Wildman–Crippen LogP) is 3.75. The number of carbonyl (C=O) groups excluding carboxylic acids is 2. The van der Waals surface area contributed by atoms with Crippen molar-refractivity contribution >= 4 is 11.8 Å². The van der Waals surface area contributed by atoms with Gasteiger partial charge >= 0.3 is 5.97 Å². The van der Waals surface area contributed by atoms with E-state index >= 15 is 0 Å². The third kappa shape index (κ3) is 4.32. The molecule has 1 fully saturated rings. The minimum absolute atomic E-state index is 0.0485. The highest BCUT2D eigenvalue weighted by Crippen LogP contribution is 2.53. The van der Waals surface area contributed by atoms with Gasteiger partial charge in [-0.3, -0.25) is 9.59 Å². The third-order valence-electron chi connectivity index (χ3n) is 4.64. The van der Waals surface area contributed by atoms with E-state index in [1.54, 1.807) is 6.92 Å². The first-order chi connectivity index (χ1) is 8.89. The average molecular weight is 268 g/mol. The zero-order chi connectivity index (χ0) is 14.5. The molecule has 0 aliphatic heterocycles. The Hall–Kier alpha value is -0.860. The fourth-order valence-electron chi connectivity index (χ4n) is 3.03. The molecular weight excluding hydrogens is 240 g/mol. The topological polar surface area (TPSA) is 43.4 Å². The minimum Gasteiger partial charge on any atom is -0.466 e. The van der Waals surface area contributed by atoms with Crippen molar-refractivity contribution in [3.63, 3.8) is 0 Å². The van der Waals surface area contributed by atoms with Crippen molar-refractivity contribution in [1.29, 1.82) is 0 Å². The second-order valence-electron chi connectivity index (χ2n) is 6.40. The number of rotatable bonds is 8. The molecule has 110 valence electrons. The van der Waals surface area contributed by atoms with Gasteiger partial charge in [0.1, 0.15) is 5.78 Å². The van der Waals surface area contributed by atoms with Gasteiger partial charge in [-0.25, -0.2) is 0 Å². The van der Waals surface area contributed by atoms with Gasteiger partial charge in [-0.1, -0.05) is 40.0 Å². The van der Waals surface area contributed by atoms with E-state index in [-0.39, 0.29) is 23.1 Å². The van der Waals surface area contributed by atoms with Crippen LogP contribution in [0.25, 0.3) is 0 Å². The van der Waals surface area contributed by atoms with Crippen LogP contribution < -0.4 is 0 Å². The lowest BCUT2D eigenvalue weighted by Crippen LogP contribution is -2.49. The molecule has 0 aromatic carbocycles. The normalized spacial score (nSPS) is 24.6. The number of Topliss-reactive ketones (excluding diaryl/α,β-unsaturated/α-hetero) is 1. The molecule has 1 saturated carbocycles. The zero-order valence-electron chi connectivity index (χ0n) is 12.8. The Labute approximate surface area is 117 Å². The molecule has 1 aliphatic rings. The van der Waals surface area contributed by atoms with E-state index in [1.807, 2.05) is 0 Å². The number of hydrogen-bond donors (Lipinski definition) is 0. The molecule has 0 unspecified atom stereocenters. The predicted molar refractivity (Wildman–Crippen MR) is 75.8 cm³/mol. The number of carbonyl (C=O) groups is 2. The molecule has 3 nitrogen and oxygen atoms in total. The molecule has 0 amide bonds. The molecule has 0 spiro atoms. The summed E-state index contributed by atoms with van der Waals surface area (Å²) in [6.07, 6.45) is 5.79. The van der Waals surface area contributed by atoms with Gasteiger partial charge in [0.15, 0.2) is 0 Å². The lowest BCUT2D eigenvalue weighted by Gasteiger charge is -2.50. The largest absolute Gasteiger partial charge is 0.466 e. The van der Waals surface area contributed by atoms with E-state index in [1.165, 1.54) is 12.8 Å². The summed E-state index contributed by atoms with van der Waals surface area (Å²) in [5.41, 5.74) is -0.0485. The highest BCUT2D eigenvalue weighted by molar-refractivity contribution is 5.81. The minimum atomic E-state index is -0.100. The Morgan fingerprint density at radius 3 is 2.42 bits per heavy atom. The van der Waals surface area contributed by atoms with Crippen molar-refractivity contribution in [3.05, 3.63) is 0 Å². The van der Waals surface area contributed by atoms with Crippen LogP contribution in [0.1, 0.15) is 66.2 Å². The maximum Gasteiger partial charge on any atom is 0.306 e. The van der Waals surface area contributed by atoms with Crippen LogP contribution >= 0.6 is 0 Å². The van der Waals surface area contributed by atoms with Gasteiger partial charge in [-0.05, 0) is 31.1 Å². The maximum atomic E-state index is 11.7. The van der Waals surface area contributed by atoms with Crippen molar-refractivity contribution in [3.8, 4) is 0 Å². The summed E-state index contributed by atoms with van der Waals surface area (Å²) in [7, 11) is 0. The number of esters is 1. The van der Waals surface area contributed by atoms with E-state index < -0.39 is 0 Å². The van der Waals surface area contributed by atoms with E-state index in [0.29, 0.717) is 18.9 Å².